The Morgan fingerprint density at radius 3 is 1.97 bits per heavy atom. The van der Waals surface area contributed by atoms with Gasteiger partial charge in [0, 0.05) is 0 Å². The molecule has 0 aromatic heterocycles. The van der Waals surface area contributed by atoms with Crippen LogP contribution in [0.25, 0.3) is 0 Å². The van der Waals surface area contributed by atoms with Gasteiger partial charge in [-0.1, -0.05) is 0 Å². The molecule has 0 amide bonds. The van der Waals surface area contributed by atoms with Gasteiger partial charge in [0.25, 0.3) is 0 Å². The number of benzene rings is 2. The zero-order valence-corrected chi connectivity index (χ0v) is 22.8. The first kappa shape index (κ1) is 25.4. The van der Waals surface area contributed by atoms with Crippen molar-refractivity contribution < 1.29 is 46.1 Å². The minimum absolute atomic E-state index is 0. The van der Waals surface area contributed by atoms with Crippen molar-refractivity contribution in [2.75, 3.05) is 0 Å². The van der Waals surface area contributed by atoms with Crippen LogP contribution in [0.2, 0.25) is 3.63 Å². The number of hydrogen-bond acceptors (Lipinski definition) is 0. The van der Waals surface area contributed by atoms with Crippen LogP contribution >= 0.6 is 0 Å². The van der Waals surface area contributed by atoms with Crippen LogP contribution in [-0.4, -0.2) is 3.21 Å². The summed E-state index contributed by atoms with van der Waals surface area (Å²) in [6.45, 7) is 4.70. The largest absolute Gasteiger partial charge is 1.00 e. The summed E-state index contributed by atoms with van der Waals surface area (Å²) in [6, 6.07) is 22.6. The molecule has 5 rings (SSSR count). The molecule has 0 N–H and O–H groups in total. The summed E-state index contributed by atoms with van der Waals surface area (Å²) >= 11 is -2.28. The molecule has 0 nitrogen and oxygen atoms in total. The van der Waals surface area contributed by atoms with Crippen LogP contribution in [0.15, 0.2) is 104 Å². The van der Waals surface area contributed by atoms with Crippen LogP contribution in [0, 0.1) is 0 Å². The fourth-order valence-electron chi connectivity index (χ4n) is 5.39. The zero-order chi connectivity index (χ0) is 20.5. The number of allylic oxidation sites excluding steroid dienone is 8. The van der Waals surface area contributed by atoms with Crippen molar-refractivity contribution in [1.29, 1.82) is 0 Å². The standard InChI is InChI=1S/C13H10.C9H11.C7H9.2ClH.Zr/c1-3-7-12(8-4-1)11-13-9-5-2-6-10-13;1-2-5-9-7-3-6-8(9)4-1;1-6-4-3-5-7(6)2;;;/h1-10H;3,6-7H,1-2,4-5H2;4H,3H2,1-2H3;2*1H;/q;;;;;+2/p-2. The maximum atomic E-state index is 2.62. The fourth-order valence-corrected chi connectivity index (χ4v) is 14.8. The summed E-state index contributed by atoms with van der Waals surface area (Å²) < 4.78 is 4.18. The summed E-state index contributed by atoms with van der Waals surface area (Å²) in [7, 11) is 0. The monoisotopic (exact) mass is 538 g/mol. The van der Waals surface area contributed by atoms with Gasteiger partial charge in [0.05, 0.1) is 0 Å². The van der Waals surface area contributed by atoms with Gasteiger partial charge in [-0.05, 0) is 0 Å². The summed E-state index contributed by atoms with van der Waals surface area (Å²) in [4.78, 5) is 0. The third kappa shape index (κ3) is 4.82. The molecule has 3 aliphatic rings. The number of hydrogen-bond donors (Lipinski definition) is 0. The smallest absolute Gasteiger partial charge is 1.00 e. The van der Waals surface area contributed by atoms with Gasteiger partial charge in [0.1, 0.15) is 0 Å². The van der Waals surface area contributed by atoms with Crippen molar-refractivity contribution in [1.82, 2.24) is 0 Å². The molecule has 1 atom stereocenters. The Morgan fingerprint density at radius 2 is 1.41 bits per heavy atom. The predicted molar refractivity (Wildman–Crippen MR) is 126 cm³/mol. The molecule has 0 bridgehead atoms. The number of rotatable bonds is 4. The normalized spacial score (nSPS) is 18.9. The Hall–Kier alpha value is -1.27. The minimum Gasteiger partial charge on any atom is -1.00 e. The van der Waals surface area contributed by atoms with Crippen molar-refractivity contribution in [2.45, 2.75) is 49.6 Å². The van der Waals surface area contributed by atoms with Crippen molar-refractivity contribution in [2.24, 2.45) is 0 Å². The van der Waals surface area contributed by atoms with Gasteiger partial charge < -0.3 is 24.8 Å². The van der Waals surface area contributed by atoms with Crippen LogP contribution < -0.4 is 24.8 Å². The molecule has 0 saturated heterocycles. The first-order valence-electron chi connectivity index (χ1n) is 11.4. The van der Waals surface area contributed by atoms with E-state index in [1.54, 1.807) is 19.9 Å². The minimum atomic E-state index is -2.28. The van der Waals surface area contributed by atoms with Gasteiger partial charge in [-0.2, -0.15) is 0 Å². The van der Waals surface area contributed by atoms with Crippen molar-refractivity contribution in [3.8, 4) is 0 Å². The third-order valence-corrected chi connectivity index (χ3v) is 15.7. The Kier molecular flexibility index (Phi) is 8.91. The topological polar surface area (TPSA) is 0 Å². The first-order valence-corrected chi connectivity index (χ1v) is 15.2. The molecule has 0 spiro atoms. The summed E-state index contributed by atoms with van der Waals surface area (Å²) in [5.74, 6) is 0. The molecule has 0 saturated carbocycles. The van der Waals surface area contributed by atoms with E-state index in [0.29, 0.717) is 3.63 Å². The molecule has 0 fully saturated rings. The second kappa shape index (κ2) is 11.2. The maximum Gasteiger partial charge on any atom is -1.00 e. The van der Waals surface area contributed by atoms with E-state index in [0.717, 1.165) is 0 Å². The van der Waals surface area contributed by atoms with Crippen LogP contribution in [0.1, 0.15) is 57.1 Å². The molecule has 0 radical (unpaired) electrons. The second-order valence-corrected chi connectivity index (χ2v) is 15.1. The molecule has 2 aromatic rings. The van der Waals surface area contributed by atoms with Gasteiger partial charge in [-0.25, -0.2) is 0 Å². The predicted octanol–water partition coefficient (Wildman–Crippen LogP) is 1.73. The van der Waals surface area contributed by atoms with Crippen LogP contribution in [0.5, 0.6) is 0 Å². The number of halogens is 2. The molecule has 32 heavy (non-hydrogen) atoms. The molecular weight excluding hydrogens is 510 g/mol. The van der Waals surface area contributed by atoms with E-state index in [1.165, 1.54) is 48.8 Å². The van der Waals surface area contributed by atoms with E-state index in [1.807, 2.05) is 3.28 Å². The average molecular weight is 541 g/mol. The van der Waals surface area contributed by atoms with Gasteiger partial charge in [-0.3, -0.25) is 0 Å². The molecule has 164 valence electrons. The quantitative estimate of drug-likeness (QED) is 0.555. The second-order valence-electron chi connectivity index (χ2n) is 8.81. The van der Waals surface area contributed by atoms with Crippen LogP contribution in [0.3, 0.4) is 0 Å². The Labute approximate surface area is 213 Å². The van der Waals surface area contributed by atoms with Crippen molar-refractivity contribution >= 4 is 3.21 Å². The van der Waals surface area contributed by atoms with Gasteiger partial charge in [0.2, 0.25) is 0 Å². The fraction of sp³-hybridized carbons (Fsp3) is 0.276. The van der Waals surface area contributed by atoms with Crippen LogP contribution in [0.4, 0.5) is 0 Å². The molecule has 0 heterocycles. The molecule has 1 unspecified atom stereocenters. The molecule has 3 aliphatic carbocycles. The van der Waals surface area contributed by atoms with Gasteiger partial charge >= 0.3 is 190 Å². The Bertz CT molecular complexity index is 1080. The van der Waals surface area contributed by atoms with E-state index in [4.69, 9.17) is 0 Å². The van der Waals surface area contributed by atoms with Crippen LogP contribution in [-0.2, 0) is 21.3 Å². The first-order chi connectivity index (χ1) is 14.7. The maximum absolute atomic E-state index is 2.62. The van der Waals surface area contributed by atoms with E-state index in [2.05, 4.69) is 92.7 Å². The van der Waals surface area contributed by atoms with Crippen molar-refractivity contribution in [3.63, 3.8) is 0 Å². The summed E-state index contributed by atoms with van der Waals surface area (Å²) in [5.41, 5.74) is 9.45. The SMILES string of the molecule is CC1=CC[C]([Zr+2](=[C](c2ccccc2)c2ccccc2)[CH]2C=CC3=C2CCCC3)=C1C.[Cl-].[Cl-]. The molecular formula is C29H30Cl2Zr. The summed E-state index contributed by atoms with van der Waals surface area (Å²) in [5, 5.41) is 0. The Balaban J connectivity index is 0.00000144. The van der Waals surface area contributed by atoms with E-state index in [-0.39, 0.29) is 24.8 Å². The third-order valence-electron chi connectivity index (χ3n) is 7.11. The van der Waals surface area contributed by atoms with E-state index < -0.39 is 21.3 Å². The average Bonchev–Trinajstić information content (AvgIpc) is 3.37. The molecule has 0 aliphatic heterocycles. The zero-order valence-electron chi connectivity index (χ0n) is 18.9. The van der Waals surface area contributed by atoms with Gasteiger partial charge in [-0.15, -0.1) is 0 Å². The summed E-state index contributed by atoms with van der Waals surface area (Å²) in [6.07, 6.45) is 14.1. The molecule has 2 aromatic carbocycles. The Morgan fingerprint density at radius 1 is 0.812 bits per heavy atom. The van der Waals surface area contributed by atoms with Gasteiger partial charge in [0.15, 0.2) is 0 Å². The van der Waals surface area contributed by atoms with E-state index >= 15 is 0 Å². The van der Waals surface area contributed by atoms with E-state index in [9.17, 15) is 0 Å². The molecule has 3 heteroatoms. The van der Waals surface area contributed by atoms with Crippen molar-refractivity contribution in [3.05, 3.63) is 116 Å².